The molecule has 1 heterocycles. The molecule has 0 bridgehead atoms. The van der Waals surface area contributed by atoms with Crippen molar-refractivity contribution in [1.82, 2.24) is 9.88 Å². The Kier molecular flexibility index (Phi) is 4.60. The van der Waals surface area contributed by atoms with E-state index in [1.807, 2.05) is 25.2 Å². The Hall–Kier alpha value is -1.78. The lowest BCUT2D eigenvalue weighted by atomic mass is 10.1. The molecule has 0 atom stereocenters. The predicted octanol–water partition coefficient (Wildman–Crippen LogP) is 2.31. The summed E-state index contributed by atoms with van der Waals surface area (Å²) in [6, 6.07) is 10.6. The van der Waals surface area contributed by atoms with E-state index >= 15 is 0 Å². The summed E-state index contributed by atoms with van der Waals surface area (Å²) in [5, 5.41) is 0. The minimum absolute atomic E-state index is 0.199. The van der Waals surface area contributed by atoms with Crippen molar-refractivity contribution in [3.05, 3.63) is 65.2 Å². The molecular formula is C15H18FN3. The minimum Gasteiger partial charge on any atom is -0.325 e. The van der Waals surface area contributed by atoms with Gasteiger partial charge in [-0.2, -0.15) is 0 Å². The fourth-order valence-corrected chi connectivity index (χ4v) is 2.09. The summed E-state index contributed by atoms with van der Waals surface area (Å²) < 4.78 is 13.1. The average molecular weight is 259 g/mol. The molecule has 0 spiro atoms. The Morgan fingerprint density at radius 2 is 2.05 bits per heavy atom. The first-order chi connectivity index (χ1) is 9.19. The summed E-state index contributed by atoms with van der Waals surface area (Å²) in [6.45, 7) is 1.87. The van der Waals surface area contributed by atoms with Crippen molar-refractivity contribution >= 4 is 0 Å². The number of nitrogens with two attached hydrogens (primary N) is 1. The van der Waals surface area contributed by atoms with Gasteiger partial charge in [0.25, 0.3) is 0 Å². The van der Waals surface area contributed by atoms with Gasteiger partial charge in [-0.1, -0.05) is 18.2 Å². The van der Waals surface area contributed by atoms with Crippen LogP contribution in [-0.2, 0) is 19.6 Å². The molecule has 0 aliphatic heterocycles. The number of hydrogen-bond acceptors (Lipinski definition) is 3. The average Bonchev–Trinajstić information content (AvgIpc) is 2.39. The zero-order valence-corrected chi connectivity index (χ0v) is 11.0. The van der Waals surface area contributed by atoms with E-state index in [0.717, 1.165) is 23.4 Å². The topological polar surface area (TPSA) is 42.2 Å². The molecule has 3 nitrogen and oxygen atoms in total. The summed E-state index contributed by atoms with van der Waals surface area (Å²) in [7, 11) is 2.00. The van der Waals surface area contributed by atoms with Gasteiger partial charge >= 0.3 is 0 Å². The van der Waals surface area contributed by atoms with E-state index in [-0.39, 0.29) is 5.82 Å². The largest absolute Gasteiger partial charge is 0.325 e. The van der Waals surface area contributed by atoms with E-state index in [2.05, 4.69) is 9.88 Å². The second-order valence-electron chi connectivity index (χ2n) is 4.62. The Morgan fingerprint density at radius 1 is 1.21 bits per heavy atom. The molecule has 0 amide bonds. The van der Waals surface area contributed by atoms with Crippen LogP contribution in [0.25, 0.3) is 0 Å². The van der Waals surface area contributed by atoms with Crippen molar-refractivity contribution in [2.24, 2.45) is 5.73 Å². The Bertz CT molecular complexity index is 542. The van der Waals surface area contributed by atoms with Crippen LogP contribution < -0.4 is 5.73 Å². The molecule has 1 aromatic carbocycles. The molecule has 0 radical (unpaired) electrons. The van der Waals surface area contributed by atoms with E-state index in [4.69, 9.17) is 5.73 Å². The number of nitrogens with zero attached hydrogens (tertiary/aromatic N) is 2. The Balaban J connectivity index is 2.03. The third kappa shape index (κ3) is 3.84. The van der Waals surface area contributed by atoms with Crippen LogP contribution in [0.5, 0.6) is 0 Å². The van der Waals surface area contributed by atoms with Gasteiger partial charge in [-0.3, -0.25) is 9.88 Å². The lowest BCUT2D eigenvalue weighted by Crippen LogP contribution is -2.19. The highest BCUT2D eigenvalue weighted by molar-refractivity contribution is 5.20. The van der Waals surface area contributed by atoms with Crippen LogP contribution in [0.2, 0.25) is 0 Å². The van der Waals surface area contributed by atoms with Crippen LogP contribution in [0.15, 0.2) is 42.6 Å². The molecule has 2 N–H and O–H groups in total. The quantitative estimate of drug-likeness (QED) is 0.896. The van der Waals surface area contributed by atoms with E-state index in [1.54, 1.807) is 18.3 Å². The fraction of sp³-hybridized carbons (Fsp3) is 0.267. The van der Waals surface area contributed by atoms with Crippen LogP contribution in [0.3, 0.4) is 0 Å². The minimum atomic E-state index is -0.199. The second kappa shape index (κ2) is 6.41. The monoisotopic (exact) mass is 259 g/mol. The molecule has 0 saturated carbocycles. The molecule has 2 aromatic rings. The van der Waals surface area contributed by atoms with Crippen molar-refractivity contribution < 1.29 is 4.39 Å². The number of halogens is 1. The zero-order valence-electron chi connectivity index (χ0n) is 11.0. The molecule has 100 valence electrons. The van der Waals surface area contributed by atoms with Gasteiger partial charge in [-0.15, -0.1) is 0 Å². The first kappa shape index (κ1) is 13.6. The number of pyridine rings is 1. The predicted molar refractivity (Wildman–Crippen MR) is 73.7 cm³/mol. The molecule has 0 unspecified atom stereocenters. The van der Waals surface area contributed by atoms with Gasteiger partial charge in [0.2, 0.25) is 0 Å². The van der Waals surface area contributed by atoms with E-state index in [1.165, 1.54) is 6.07 Å². The zero-order chi connectivity index (χ0) is 13.7. The van der Waals surface area contributed by atoms with Crippen molar-refractivity contribution in [3.8, 4) is 0 Å². The summed E-state index contributed by atoms with van der Waals surface area (Å²) in [6.07, 6.45) is 1.75. The molecule has 19 heavy (non-hydrogen) atoms. The third-order valence-electron chi connectivity index (χ3n) is 2.96. The van der Waals surface area contributed by atoms with E-state index in [9.17, 15) is 4.39 Å². The van der Waals surface area contributed by atoms with Gasteiger partial charge < -0.3 is 5.73 Å². The van der Waals surface area contributed by atoms with Gasteiger partial charge in [0.15, 0.2) is 0 Å². The standard InChI is InChI=1S/C15H18FN3/c1-19(10-12-4-2-6-14(16)8-12)11-13-5-3-7-18-15(13)9-17/h2-8H,9-11,17H2,1H3. The number of rotatable bonds is 5. The van der Waals surface area contributed by atoms with E-state index < -0.39 is 0 Å². The van der Waals surface area contributed by atoms with Crippen molar-refractivity contribution in [2.45, 2.75) is 19.6 Å². The summed E-state index contributed by atoms with van der Waals surface area (Å²) in [5.74, 6) is -0.199. The Morgan fingerprint density at radius 3 is 2.79 bits per heavy atom. The van der Waals surface area contributed by atoms with Gasteiger partial charge in [0.1, 0.15) is 5.82 Å². The molecule has 0 aliphatic rings. The number of aromatic nitrogens is 1. The van der Waals surface area contributed by atoms with Crippen molar-refractivity contribution in [3.63, 3.8) is 0 Å². The second-order valence-corrected chi connectivity index (χ2v) is 4.62. The van der Waals surface area contributed by atoms with Crippen LogP contribution in [0.1, 0.15) is 16.8 Å². The van der Waals surface area contributed by atoms with Gasteiger partial charge in [-0.25, -0.2) is 4.39 Å². The van der Waals surface area contributed by atoms with Gasteiger partial charge in [-0.05, 0) is 36.4 Å². The highest BCUT2D eigenvalue weighted by atomic mass is 19.1. The summed E-state index contributed by atoms with van der Waals surface area (Å²) in [4.78, 5) is 6.38. The first-order valence-corrected chi connectivity index (χ1v) is 6.25. The lowest BCUT2D eigenvalue weighted by molar-refractivity contribution is 0.317. The lowest BCUT2D eigenvalue weighted by Gasteiger charge is -2.18. The number of benzene rings is 1. The molecule has 0 aliphatic carbocycles. The highest BCUT2D eigenvalue weighted by Crippen LogP contribution is 2.11. The number of hydrogen-bond donors (Lipinski definition) is 1. The maximum absolute atomic E-state index is 13.1. The van der Waals surface area contributed by atoms with Crippen LogP contribution in [-0.4, -0.2) is 16.9 Å². The van der Waals surface area contributed by atoms with Crippen LogP contribution in [0, 0.1) is 5.82 Å². The summed E-state index contributed by atoms with van der Waals surface area (Å²) >= 11 is 0. The first-order valence-electron chi connectivity index (χ1n) is 6.25. The smallest absolute Gasteiger partial charge is 0.123 e. The SMILES string of the molecule is CN(Cc1cccc(F)c1)Cc1cccnc1CN. The molecule has 2 rings (SSSR count). The third-order valence-corrected chi connectivity index (χ3v) is 2.96. The fourth-order valence-electron chi connectivity index (χ4n) is 2.09. The maximum Gasteiger partial charge on any atom is 0.123 e. The molecular weight excluding hydrogens is 241 g/mol. The normalized spacial score (nSPS) is 10.9. The molecule has 4 heteroatoms. The molecule has 0 fully saturated rings. The maximum atomic E-state index is 13.1. The molecule has 0 saturated heterocycles. The Labute approximate surface area is 112 Å². The van der Waals surface area contributed by atoms with Crippen molar-refractivity contribution in [1.29, 1.82) is 0 Å². The van der Waals surface area contributed by atoms with Crippen LogP contribution >= 0.6 is 0 Å². The summed E-state index contributed by atoms with van der Waals surface area (Å²) in [5.41, 5.74) is 8.65. The van der Waals surface area contributed by atoms with Crippen molar-refractivity contribution in [2.75, 3.05) is 7.05 Å². The van der Waals surface area contributed by atoms with E-state index in [0.29, 0.717) is 13.1 Å². The highest BCUT2D eigenvalue weighted by Gasteiger charge is 2.06. The van der Waals surface area contributed by atoms with Crippen LogP contribution in [0.4, 0.5) is 4.39 Å². The van der Waals surface area contributed by atoms with Gasteiger partial charge in [0, 0.05) is 25.8 Å². The van der Waals surface area contributed by atoms with Gasteiger partial charge in [0.05, 0.1) is 5.69 Å². The molecule has 1 aromatic heterocycles.